The molecular weight excluding hydrogens is 407 g/mol. The second-order valence-electron chi connectivity index (χ2n) is 7.21. The summed E-state index contributed by atoms with van der Waals surface area (Å²) in [6, 6.07) is 12.7. The van der Waals surface area contributed by atoms with Gasteiger partial charge in [-0.1, -0.05) is 66.0 Å². The molecule has 4 nitrogen and oxygen atoms in total. The average Bonchev–Trinajstić information content (AvgIpc) is 2.70. The van der Waals surface area contributed by atoms with Crippen LogP contribution in [-0.4, -0.2) is 29.3 Å². The van der Waals surface area contributed by atoms with Crippen LogP contribution in [0.1, 0.15) is 43.4 Å². The fraction of sp³-hybridized carbons (Fsp3) is 0.391. The van der Waals surface area contributed by atoms with Gasteiger partial charge in [-0.2, -0.15) is 0 Å². The van der Waals surface area contributed by atoms with E-state index < -0.39 is 6.04 Å². The van der Waals surface area contributed by atoms with E-state index in [0.29, 0.717) is 29.4 Å². The van der Waals surface area contributed by atoms with Crippen molar-refractivity contribution in [3.05, 3.63) is 69.2 Å². The third-order valence-electron chi connectivity index (χ3n) is 4.82. The zero-order chi connectivity index (χ0) is 21.4. The molecule has 0 saturated carbocycles. The highest BCUT2D eigenvalue weighted by Crippen LogP contribution is 2.23. The van der Waals surface area contributed by atoms with Gasteiger partial charge < -0.3 is 10.2 Å². The van der Waals surface area contributed by atoms with Crippen molar-refractivity contribution >= 4 is 35.0 Å². The number of hydrogen-bond acceptors (Lipinski definition) is 2. The maximum atomic E-state index is 13.1. The van der Waals surface area contributed by atoms with Gasteiger partial charge in [0.1, 0.15) is 6.04 Å². The summed E-state index contributed by atoms with van der Waals surface area (Å²) in [6.07, 6.45) is 1.77. The van der Waals surface area contributed by atoms with Crippen molar-refractivity contribution in [2.45, 2.75) is 52.6 Å². The lowest BCUT2D eigenvalue weighted by Gasteiger charge is -2.29. The second kappa shape index (κ2) is 11.2. The molecule has 0 aromatic heterocycles. The van der Waals surface area contributed by atoms with Gasteiger partial charge in [-0.3, -0.25) is 9.59 Å². The molecular formula is C23H28Cl2N2O2. The minimum absolute atomic E-state index is 0.0873. The largest absolute Gasteiger partial charge is 0.354 e. The summed E-state index contributed by atoms with van der Waals surface area (Å²) in [7, 11) is 0. The van der Waals surface area contributed by atoms with Gasteiger partial charge in [-0.25, -0.2) is 0 Å². The first-order valence-electron chi connectivity index (χ1n) is 9.88. The van der Waals surface area contributed by atoms with Crippen LogP contribution in [0.4, 0.5) is 0 Å². The van der Waals surface area contributed by atoms with Crippen LogP contribution in [0.25, 0.3) is 0 Å². The van der Waals surface area contributed by atoms with E-state index >= 15 is 0 Å². The number of halogens is 2. The Hall–Kier alpha value is -2.04. The standard InChI is InChI=1S/C23H28Cl2N2O2/c1-4-13-26-23(29)17(3)27(15-19-10-11-20(24)14-21(19)25)22(28)12-9-18-7-5-16(2)6-8-18/h5-8,10-11,14,17H,4,9,12-13,15H2,1-3H3,(H,26,29)/t17-/m1/s1. The summed E-state index contributed by atoms with van der Waals surface area (Å²) < 4.78 is 0. The number of carbonyl (C=O) groups excluding carboxylic acids is 2. The Morgan fingerprint density at radius 1 is 1.10 bits per heavy atom. The maximum absolute atomic E-state index is 13.1. The lowest BCUT2D eigenvalue weighted by atomic mass is 10.1. The maximum Gasteiger partial charge on any atom is 0.242 e. The molecule has 0 radical (unpaired) electrons. The van der Waals surface area contributed by atoms with Crippen molar-refractivity contribution in [3.8, 4) is 0 Å². The van der Waals surface area contributed by atoms with Crippen molar-refractivity contribution < 1.29 is 9.59 Å². The van der Waals surface area contributed by atoms with E-state index in [1.165, 1.54) is 5.56 Å². The predicted molar refractivity (Wildman–Crippen MR) is 119 cm³/mol. The molecule has 0 bridgehead atoms. The van der Waals surface area contributed by atoms with E-state index in [9.17, 15) is 9.59 Å². The molecule has 0 saturated heterocycles. The molecule has 0 heterocycles. The van der Waals surface area contributed by atoms with Crippen LogP contribution in [-0.2, 0) is 22.6 Å². The summed E-state index contributed by atoms with van der Waals surface area (Å²) in [4.78, 5) is 27.2. The van der Waals surface area contributed by atoms with Gasteiger partial charge in [0.05, 0.1) is 0 Å². The molecule has 1 atom stereocenters. The summed E-state index contributed by atoms with van der Waals surface area (Å²) in [5.41, 5.74) is 3.03. The van der Waals surface area contributed by atoms with E-state index in [4.69, 9.17) is 23.2 Å². The van der Waals surface area contributed by atoms with Crippen molar-refractivity contribution in [2.24, 2.45) is 0 Å². The quantitative estimate of drug-likeness (QED) is 0.590. The van der Waals surface area contributed by atoms with E-state index in [1.807, 2.05) is 38.1 Å². The Kier molecular flexibility index (Phi) is 8.99. The van der Waals surface area contributed by atoms with Gasteiger partial charge >= 0.3 is 0 Å². The fourth-order valence-electron chi connectivity index (χ4n) is 2.96. The van der Waals surface area contributed by atoms with Gasteiger partial charge in [0.15, 0.2) is 0 Å². The van der Waals surface area contributed by atoms with E-state index in [1.54, 1.807) is 30.0 Å². The van der Waals surface area contributed by atoms with Crippen LogP contribution in [0.15, 0.2) is 42.5 Å². The lowest BCUT2D eigenvalue weighted by Crippen LogP contribution is -2.47. The molecule has 0 fully saturated rings. The first kappa shape index (κ1) is 23.2. The number of benzene rings is 2. The van der Waals surface area contributed by atoms with Crippen molar-refractivity contribution in [2.75, 3.05) is 6.54 Å². The molecule has 156 valence electrons. The van der Waals surface area contributed by atoms with Crippen LogP contribution in [0.5, 0.6) is 0 Å². The molecule has 6 heteroatoms. The average molecular weight is 435 g/mol. The van der Waals surface area contributed by atoms with Crippen LogP contribution < -0.4 is 5.32 Å². The molecule has 2 aromatic rings. The lowest BCUT2D eigenvalue weighted by molar-refractivity contribution is -0.140. The summed E-state index contributed by atoms with van der Waals surface area (Å²) in [5.74, 6) is -0.253. The molecule has 1 N–H and O–H groups in total. The Bertz CT molecular complexity index is 837. The zero-order valence-electron chi connectivity index (χ0n) is 17.2. The molecule has 0 aliphatic carbocycles. The second-order valence-corrected chi connectivity index (χ2v) is 8.05. The van der Waals surface area contributed by atoms with Crippen LogP contribution in [0.3, 0.4) is 0 Å². The molecule has 0 spiro atoms. The minimum atomic E-state index is -0.598. The highest BCUT2D eigenvalue weighted by Gasteiger charge is 2.26. The molecule has 2 amide bonds. The van der Waals surface area contributed by atoms with Crippen molar-refractivity contribution in [3.63, 3.8) is 0 Å². The van der Waals surface area contributed by atoms with Gasteiger partial charge in [-0.05, 0) is 49.9 Å². The third-order valence-corrected chi connectivity index (χ3v) is 5.41. The number of aryl methyl sites for hydroxylation is 2. The highest BCUT2D eigenvalue weighted by atomic mass is 35.5. The third kappa shape index (κ3) is 7.06. The summed E-state index contributed by atoms with van der Waals surface area (Å²) in [5, 5.41) is 3.88. The monoisotopic (exact) mass is 434 g/mol. The van der Waals surface area contributed by atoms with Crippen molar-refractivity contribution in [1.29, 1.82) is 0 Å². The summed E-state index contributed by atoms with van der Waals surface area (Å²) in [6.45, 7) is 6.60. The number of carbonyl (C=O) groups is 2. The van der Waals surface area contributed by atoms with Gasteiger partial charge in [0, 0.05) is 29.6 Å². The van der Waals surface area contributed by atoms with Crippen LogP contribution >= 0.6 is 23.2 Å². The normalized spacial score (nSPS) is 11.8. The Labute approximate surface area is 183 Å². The Morgan fingerprint density at radius 2 is 1.79 bits per heavy atom. The number of rotatable bonds is 9. The van der Waals surface area contributed by atoms with Gasteiger partial charge in [0.2, 0.25) is 11.8 Å². The van der Waals surface area contributed by atoms with Gasteiger partial charge in [-0.15, -0.1) is 0 Å². The SMILES string of the molecule is CCCNC(=O)[C@@H](C)N(Cc1ccc(Cl)cc1Cl)C(=O)CCc1ccc(C)cc1. The molecule has 29 heavy (non-hydrogen) atoms. The topological polar surface area (TPSA) is 49.4 Å². The number of amides is 2. The van der Waals surface area contributed by atoms with Crippen LogP contribution in [0.2, 0.25) is 10.0 Å². The molecule has 0 unspecified atom stereocenters. The molecule has 0 aliphatic heterocycles. The molecule has 0 aliphatic rings. The predicted octanol–water partition coefficient (Wildman–Crippen LogP) is 5.18. The van der Waals surface area contributed by atoms with Crippen LogP contribution in [0, 0.1) is 6.92 Å². The first-order chi connectivity index (χ1) is 13.8. The van der Waals surface area contributed by atoms with E-state index in [2.05, 4.69) is 5.32 Å². The zero-order valence-corrected chi connectivity index (χ0v) is 18.7. The number of nitrogens with zero attached hydrogens (tertiary/aromatic N) is 1. The van der Waals surface area contributed by atoms with E-state index in [0.717, 1.165) is 17.5 Å². The molecule has 2 rings (SSSR count). The van der Waals surface area contributed by atoms with Crippen molar-refractivity contribution in [1.82, 2.24) is 10.2 Å². The Balaban J connectivity index is 2.16. The minimum Gasteiger partial charge on any atom is -0.354 e. The fourth-order valence-corrected chi connectivity index (χ4v) is 3.43. The number of nitrogens with one attached hydrogen (secondary N) is 1. The highest BCUT2D eigenvalue weighted by molar-refractivity contribution is 6.35. The Morgan fingerprint density at radius 3 is 2.41 bits per heavy atom. The van der Waals surface area contributed by atoms with E-state index in [-0.39, 0.29) is 18.4 Å². The number of hydrogen-bond donors (Lipinski definition) is 1. The molecule has 2 aromatic carbocycles. The first-order valence-corrected chi connectivity index (χ1v) is 10.6. The smallest absolute Gasteiger partial charge is 0.242 e. The summed E-state index contributed by atoms with van der Waals surface area (Å²) >= 11 is 12.3. The van der Waals surface area contributed by atoms with Gasteiger partial charge in [0.25, 0.3) is 0 Å².